The van der Waals surface area contributed by atoms with Crippen molar-refractivity contribution < 1.29 is 18.6 Å². The SMILES string of the molecule is CO[C@@H]1CC[C@@H]2[C@H](C1)CC1(OCCO1)[C@H]2CO[SiH](C)C. The first-order chi connectivity index (χ1) is 9.64. The van der Waals surface area contributed by atoms with E-state index in [2.05, 4.69) is 13.1 Å². The van der Waals surface area contributed by atoms with Crippen molar-refractivity contribution in [3.63, 3.8) is 0 Å². The minimum Gasteiger partial charge on any atom is -0.420 e. The Hall–Kier alpha value is 0.0569. The lowest BCUT2D eigenvalue weighted by atomic mass is 9.77. The number of ether oxygens (including phenoxy) is 3. The van der Waals surface area contributed by atoms with E-state index in [1.807, 2.05) is 7.11 Å². The topological polar surface area (TPSA) is 36.9 Å². The summed E-state index contributed by atoms with van der Waals surface area (Å²) in [7, 11) is 0.846. The molecule has 3 aliphatic rings. The Morgan fingerprint density at radius 1 is 1.20 bits per heavy atom. The maximum absolute atomic E-state index is 6.08. The largest absolute Gasteiger partial charge is 0.420 e. The molecule has 0 N–H and O–H groups in total. The van der Waals surface area contributed by atoms with Gasteiger partial charge in [0.2, 0.25) is 0 Å². The van der Waals surface area contributed by atoms with Crippen molar-refractivity contribution >= 4 is 9.04 Å². The average molecular weight is 300 g/mol. The molecular weight excluding hydrogens is 272 g/mol. The third-order valence-electron chi connectivity index (χ3n) is 5.34. The van der Waals surface area contributed by atoms with Crippen molar-refractivity contribution in [1.82, 2.24) is 0 Å². The van der Waals surface area contributed by atoms with Crippen LogP contribution < -0.4 is 0 Å². The minimum atomic E-state index is -0.990. The van der Waals surface area contributed by atoms with Crippen molar-refractivity contribution in [1.29, 1.82) is 0 Å². The summed E-state index contributed by atoms with van der Waals surface area (Å²) in [6.07, 6.45) is 5.01. The second-order valence-corrected chi connectivity index (χ2v) is 9.23. The van der Waals surface area contributed by atoms with Crippen molar-refractivity contribution in [2.24, 2.45) is 17.8 Å². The first-order valence-electron chi connectivity index (χ1n) is 8.07. The fourth-order valence-corrected chi connectivity index (χ4v) is 5.01. The number of methoxy groups -OCH3 is 1. The Morgan fingerprint density at radius 2 is 1.95 bits per heavy atom. The van der Waals surface area contributed by atoms with Gasteiger partial charge in [-0.1, -0.05) is 0 Å². The molecule has 0 aromatic rings. The van der Waals surface area contributed by atoms with Gasteiger partial charge in [-0.3, -0.25) is 0 Å². The first-order valence-corrected chi connectivity index (χ1v) is 10.8. The Kier molecular flexibility index (Phi) is 4.53. The molecule has 0 unspecified atom stereocenters. The molecule has 0 aromatic heterocycles. The van der Waals surface area contributed by atoms with Gasteiger partial charge in [-0.2, -0.15) is 0 Å². The minimum absolute atomic E-state index is 0.346. The maximum atomic E-state index is 6.08. The summed E-state index contributed by atoms with van der Waals surface area (Å²) in [6, 6.07) is 0. The zero-order valence-corrected chi connectivity index (χ0v) is 14.1. The van der Waals surface area contributed by atoms with Crippen LogP contribution in [-0.2, 0) is 18.6 Å². The van der Waals surface area contributed by atoms with Crippen LogP contribution in [-0.4, -0.2) is 47.9 Å². The predicted octanol–water partition coefficient (Wildman–Crippen LogP) is 2.18. The molecule has 1 saturated heterocycles. The lowest BCUT2D eigenvalue weighted by molar-refractivity contribution is -0.192. The van der Waals surface area contributed by atoms with Crippen LogP contribution >= 0.6 is 0 Å². The Bertz CT molecular complexity index is 330. The van der Waals surface area contributed by atoms with E-state index in [4.69, 9.17) is 18.6 Å². The maximum Gasteiger partial charge on any atom is 0.173 e. The Labute approximate surface area is 123 Å². The van der Waals surface area contributed by atoms with Gasteiger partial charge in [0.15, 0.2) is 14.8 Å². The quantitative estimate of drug-likeness (QED) is 0.746. The molecule has 4 nitrogen and oxygen atoms in total. The first kappa shape index (κ1) is 15.0. The molecule has 116 valence electrons. The number of hydrogen-bond acceptors (Lipinski definition) is 4. The zero-order chi connectivity index (χ0) is 14.2. The van der Waals surface area contributed by atoms with Gasteiger partial charge in [-0.15, -0.1) is 0 Å². The molecule has 5 heteroatoms. The summed E-state index contributed by atoms with van der Waals surface area (Å²) in [5, 5.41) is 0. The highest BCUT2D eigenvalue weighted by Crippen LogP contribution is 2.54. The molecular formula is C15H28O4Si. The van der Waals surface area contributed by atoms with Gasteiger partial charge < -0.3 is 18.6 Å². The molecule has 3 rings (SSSR count). The normalized spacial score (nSPS) is 39.6. The van der Waals surface area contributed by atoms with Crippen LogP contribution in [0.5, 0.6) is 0 Å². The third-order valence-corrected chi connectivity index (χ3v) is 6.20. The Balaban J connectivity index is 1.73. The van der Waals surface area contributed by atoms with E-state index in [0.29, 0.717) is 23.9 Å². The molecule has 0 radical (unpaired) electrons. The monoisotopic (exact) mass is 300 g/mol. The summed E-state index contributed by atoms with van der Waals surface area (Å²) in [4.78, 5) is 0. The molecule has 1 spiro atoms. The van der Waals surface area contributed by atoms with Gasteiger partial charge in [-0.25, -0.2) is 0 Å². The molecule has 0 aromatic carbocycles. The van der Waals surface area contributed by atoms with Crippen molar-refractivity contribution in [3.8, 4) is 0 Å². The van der Waals surface area contributed by atoms with E-state index in [0.717, 1.165) is 32.7 Å². The Morgan fingerprint density at radius 3 is 2.60 bits per heavy atom. The zero-order valence-electron chi connectivity index (χ0n) is 13.0. The summed E-state index contributed by atoms with van der Waals surface area (Å²) in [5.41, 5.74) is 0. The van der Waals surface area contributed by atoms with Crippen LogP contribution in [0.25, 0.3) is 0 Å². The lowest BCUT2D eigenvalue weighted by Crippen LogP contribution is -2.40. The van der Waals surface area contributed by atoms with Gasteiger partial charge in [-0.05, 0) is 44.2 Å². The summed E-state index contributed by atoms with van der Waals surface area (Å²) >= 11 is 0. The highest BCUT2D eigenvalue weighted by molar-refractivity contribution is 6.48. The molecule has 4 atom stereocenters. The van der Waals surface area contributed by atoms with Gasteiger partial charge in [0.25, 0.3) is 0 Å². The van der Waals surface area contributed by atoms with E-state index in [9.17, 15) is 0 Å². The van der Waals surface area contributed by atoms with Crippen LogP contribution in [0.3, 0.4) is 0 Å². The second-order valence-electron chi connectivity index (χ2n) is 6.80. The van der Waals surface area contributed by atoms with Crippen molar-refractivity contribution in [2.45, 2.75) is 50.7 Å². The van der Waals surface area contributed by atoms with E-state index in [-0.39, 0.29) is 5.79 Å². The van der Waals surface area contributed by atoms with Gasteiger partial charge in [0, 0.05) is 26.1 Å². The van der Waals surface area contributed by atoms with Gasteiger partial charge in [0.1, 0.15) is 0 Å². The summed E-state index contributed by atoms with van der Waals surface area (Å²) in [5.74, 6) is 1.44. The summed E-state index contributed by atoms with van der Waals surface area (Å²) < 4.78 is 23.8. The fourth-order valence-electron chi connectivity index (χ4n) is 4.41. The van der Waals surface area contributed by atoms with E-state index >= 15 is 0 Å². The molecule has 1 aliphatic heterocycles. The molecule has 1 heterocycles. The number of fused-ring (bicyclic) bond motifs is 1. The van der Waals surface area contributed by atoms with Crippen molar-refractivity contribution in [2.75, 3.05) is 26.9 Å². The summed E-state index contributed by atoms with van der Waals surface area (Å²) in [6.45, 7) is 6.77. The molecule has 20 heavy (non-hydrogen) atoms. The molecule has 0 bridgehead atoms. The third kappa shape index (κ3) is 2.71. The van der Waals surface area contributed by atoms with Gasteiger partial charge in [0.05, 0.1) is 19.3 Å². The predicted molar refractivity (Wildman–Crippen MR) is 79.2 cm³/mol. The van der Waals surface area contributed by atoms with Gasteiger partial charge >= 0.3 is 0 Å². The van der Waals surface area contributed by atoms with Crippen molar-refractivity contribution in [3.05, 3.63) is 0 Å². The fraction of sp³-hybridized carbons (Fsp3) is 1.00. The highest BCUT2D eigenvalue weighted by atomic mass is 28.3. The average Bonchev–Trinajstić information content (AvgIpc) is 3.01. The van der Waals surface area contributed by atoms with Crippen LogP contribution in [0.15, 0.2) is 0 Å². The van der Waals surface area contributed by atoms with E-state index < -0.39 is 9.04 Å². The lowest BCUT2D eigenvalue weighted by Gasteiger charge is -2.35. The van der Waals surface area contributed by atoms with Crippen LogP contribution in [0.2, 0.25) is 13.1 Å². The smallest absolute Gasteiger partial charge is 0.173 e. The number of hydrogen-bond donors (Lipinski definition) is 0. The van der Waals surface area contributed by atoms with E-state index in [1.54, 1.807) is 0 Å². The van der Waals surface area contributed by atoms with Crippen LogP contribution in [0.1, 0.15) is 25.7 Å². The van der Waals surface area contributed by atoms with Crippen LogP contribution in [0, 0.1) is 17.8 Å². The van der Waals surface area contributed by atoms with E-state index in [1.165, 1.54) is 12.8 Å². The molecule has 3 fully saturated rings. The molecule has 2 saturated carbocycles. The number of rotatable bonds is 4. The second kappa shape index (κ2) is 6.05. The standard InChI is InChI=1S/C15H28O4Si/c1-16-12-4-5-13-11(8-12)9-15(17-6-7-18-15)14(13)10-19-20(2)3/h11-14,20H,4-10H2,1-3H3/t11-,12-,13-,14+/m1/s1. The highest BCUT2D eigenvalue weighted by Gasteiger charge is 2.58. The van der Waals surface area contributed by atoms with Crippen LogP contribution in [0.4, 0.5) is 0 Å². The molecule has 2 aliphatic carbocycles. The molecule has 0 amide bonds.